The first-order chi connectivity index (χ1) is 4.24. The number of rotatable bonds is 0. The zero-order chi connectivity index (χ0) is 8.12. The maximum Gasteiger partial charge on any atom is 0 e. The van der Waals surface area contributed by atoms with Crippen LogP contribution in [0.15, 0.2) is 16.0 Å². The first-order valence-corrected chi connectivity index (χ1v) is 1.10. The Hall–Kier alpha value is -1.09. The fourth-order valence-electron chi connectivity index (χ4n) is 0. The van der Waals surface area contributed by atoms with Gasteiger partial charge >= 0.3 is 0 Å². The summed E-state index contributed by atoms with van der Waals surface area (Å²) in [4.78, 5) is 24.0. The molecule has 0 aromatic heterocycles. The summed E-state index contributed by atoms with van der Waals surface area (Å²) in [7, 11) is 0. The van der Waals surface area contributed by atoms with E-state index < -0.39 is 0 Å². The largest absolute Gasteiger partial charge is 0.444 e. The van der Waals surface area contributed by atoms with E-state index >= 15 is 0 Å². The van der Waals surface area contributed by atoms with Gasteiger partial charge in [-0.3, -0.25) is 0 Å². The number of hydrogen-bond acceptors (Lipinski definition) is 9. The van der Waals surface area contributed by atoms with Gasteiger partial charge in [0.05, 0.1) is 0 Å². The predicted molar refractivity (Wildman–Crippen MR) is 27.5 cm³/mol. The first kappa shape index (κ1) is 23.1. The number of hydrogen-bond donors (Lipinski definition) is 0. The Bertz CT molecular complexity index is 49.7. The third kappa shape index (κ3) is 205. The van der Waals surface area contributed by atoms with E-state index in [2.05, 4.69) is 0 Å². The molecule has 0 saturated heterocycles. The van der Waals surface area contributed by atoms with E-state index in [1.807, 2.05) is 0 Å². The third-order valence-electron chi connectivity index (χ3n) is 0. The summed E-state index contributed by atoms with van der Waals surface area (Å²) in [6, 6.07) is 0. The second-order valence-corrected chi connectivity index (χ2v) is 0.224. The maximum absolute atomic E-state index is 8.00. The normalized spacial score (nSPS) is 3.60. The van der Waals surface area contributed by atoms with Crippen LogP contribution in [0.1, 0.15) is 0 Å². The molecule has 58 valence electrons. The zero-order valence-electron chi connectivity index (χ0n) is 4.29. The van der Waals surface area contributed by atoms with Gasteiger partial charge in [-0.2, -0.15) is 0 Å². The standard InChI is InChI=1S/3HNO2.Ti/c3*2-1-3;/h3*(H,2,3);/p-3. The average Bonchev–Trinajstić information content (AvgIpc) is 1.70. The molecular formula is N3O6Ti-3. The minimum Gasteiger partial charge on any atom is -0.444 e. The average molecular weight is 186 g/mol. The summed E-state index contributed by atoms with van der Waals surface area (Å²) in [5, 5.41) is 27.0. The molecule has 0 unspecified atom stereocenters. The van der Waals surface area contributed by atoms with Crippen molar-refractivity contribution in [3.8, 4) is 0 Å². The Morgan fingerprint density at radius 2 is 0.700 bits per heavy atom. The molecule has 0 aliphatic heterocycles. The van der Waals surface area contributed by atoms with E-state index in [1.165, 1.54) is 0 Å². The van der Waals surface area contributed by atoms with E-state index in [1.54, 1.807) is 0 Å². The SMILES string of the molecule is O=N[O-].O=N[O-].O=N[O-].[Ti]. The fraction of sp³-hybridized carbons (Fsp3) is 0. The van der Waals surface area contributed by atoms with Crippen molar-refractivity contribution in [2.45, 2.75) is 0 Å². The van der Waals surface area contributed by atoms with Crippen LogP contribution >= 0.6 is 0 Å². The van der Waals surface area contributed by atoms with E-state index in [0.29, 0.717) is 0 Å². The predicted octanol–water partition coefficient (Wildman–Crippen LogP) is 0.749. The smallest absolute Gasteiger partial charge is 0 e. The molecule has 0 atom stereocenters. The van der Waals surface area contributed by atoms with Crippen LogP contribution in [0.3, 0.4) is 0 Å². The third-order valence-corrected chi connectivity index (χ3v) is 0. The first-order valence-electron chi connectivity index (χ1n) is 1.10. The van der Waals surface area contributed by atoms with Crippen LogP contribution in [0.4, 0.5) is 0 Å². The van der Waals surface area contributed by atoms with Gasteiger partial charge < -0.3 is 30.3 Å². The minimum absolute atomic E-state index is 0. The molecule has 9 nitrogen and oxygen atoms in total. The summed E-state index contributed by atoms with van der Waals surface area (Å²) < 4.78 is 0. The summed E-state index contributed by atoms with van der Waals surface area (Å²) >= 11 is 0. The molecule has 0 bridgehead atoms. The van der Waals surface area contributed by atoms with E-state index in [-0.39, 0.29) is 21.7 Å². The van der Waals surface area contributed by atoms with Gasteiger partial charge in [0.15, 0.2) is 0 Å². The molecular weight excluding hydrogens is 186 g/mol. The maximum atomic E-state index is 8.00. The molecule has 0 fully saturated rings. The molecule has 0 N–H and O–H groups in total. The van der Waals surface area contributed by atoms with Crippen molar-refractivity contribution in [3.05, 3.63) is 30.3 Å². The van der Waals surface area contributed by atoms with Crippen molar-refractivity contribution in [3.63, 3.8) is 0 Å². The van der Waals surface area contributed by atoms with Crippen molar-refractivity contribution < 1.29 is 21.7 Å². The zero-order valence-corrected chi connectivity index (χ0v) is 5.85. The molecule has 0 aromatic carbocycles. The van der Waals surface area contributed by atoms with Gasteiger partial charge in [-0.25, -0.2) is 0 Å². The summed E-state index contributed by atoms with van der Waals surface area (Å²) in [6.45, 7) is 0. The van der Waals surface area contributed by atoms with Crippen LogP contribution in [0, 0.1) is 30.3 Å². The van der Waals surface area contributed by atoms with Crippen molar-refractivity contribution in [1.82, 2.24) is 0 Å². The van der Waals surface area contributed by atoms with Gasteiger partial charge in [0, 0.05) is 21.7 Å². The van der Waals surface area contributed by atoms with E-state index in [4.69, 9.17) is 30.3 Å². The molecule has 0 amide bonds. The van der Waals surface area contributed by atoms with Crippen LogP contribution < -0.4 is 0 Å². The van der Waals surface area contributed by atoms with Crippen molar-refractivity contribution in [1.29, 1.82) is 0 Å². The topological polar surface area (TPSA) is 157 Å². The van der Waals surface area contributed by atoms with Gasteiger partial charge in [0.2, 0.25) is 0 Å². The van der Waals surface area contributed by atoms with Crippen LogP contribution in [0.2, 0.25) is 0 Å². The summed E-state index contributed by atoms with van der Waals surface area (Å²) in [5.74, 6) is 0. The van der Waals surface area contributed by atoms with Crippen LogP contribution in [-0.4, -0.2) is 0 Å². The van der Waals surface area contributed by atoms with E-state index in [9.17, 15) is 0 Å². The van der Waals surface area contributed by atoms with Crippen LogP contribution in [0.5, 0.6) is 0 Å². The monoisotopic (exact) mass is 186 g/mol. The molecule has 0 radical (unpaired) electrons. The van der Waals surface area contributed by atoms with Gasteiger partial charge in [-0.05, 0) is 0 Å². The molecule has 0 rings (SSSR count). The second-order valence-electron chi connectivity index (χ2n) is 0.224. The molecule has 0 aliphatic carbocycles. The van der Waals surface area contributed by atoms with Crippen LogP contribution in [0.25, 0.3) is 0 Å². The van der Waals surface area contributed by atoms with Crippen molar-refractivity contribution >= 4 is 0 Å². The molecule has 0 spiro atoms. The Labute approximate surface area is 68.7 Å². The minimum atomic E-state index is 0. The van der Waals surface area contributed by atoms with Crippen molar-refractivity contribution in [2.75, 3.05) is 0 Å². The Morgan fingerprint density at radius 3 is 0.700 bits per heavy atom. The van der Waals surface area contributed by atoms with Gasteiger partial charge in [0.1, 0.15) is 0 Å². The van der Waals surface area contributed by atoms with Gasteiger partial charge in [-0.15, -0.1) is 16.0 Å². The second kappa shape index (κ2) is 103. The molecule has 0 aliphatic rings. The van der Waals surface area contributed by atoms with Crippen LogP contribution in [-0.2, 0) is 21.7 Å². The van der Waals surface area contributed by atoms with Gasteiger partial charge in [-0.1, -0.05) is 0 Å². The Morgan fingerprint density at radius 1 is 0.700 bits per heavy atom. The van der Waals surface area contributed by atoms with Crippen molar-refractivity contribution in [2.24, 2.45) is 16.0 Å². The fourth-order valence-corrected chi connectivity index (χ4v) is 0. The molecule has 0 heterocycles. The Balaban J connectivity index is -0.0000000257. The number of nitrogens with zero attached hydrogens (tertiary/aromatic N) is 3. The van der Waals surface area contributed by atoms with E-state index in [0.717, 1.165) is 16.0 Å². The molecule has 10 heavy (non-hydrogen) atoms. The van der Waals surface area contributed by atoms with Gasteiger partial charge in [0.25, 0.3) is 0 Å². The molecule has 0 aromatic rings. The quantitative estimate of drug-likeness (QED) is 0.308. The summed E-state index contributed by atoms with van der Waals surface area (Å²) in [6.07, 6.45) is 0. The Kier molecular flexibility index (Phi) is 239. The summed E-state index contributed by atoms with van der Waals surface area (Å²) in [5.41, 5.74) is 0. The molecule has 0 saturated carbocycles. The molecule has 10 heteroatoms.